The molecular formula is C26H35ClN4O4. The summed E-state index contributed by atoms with van der Waals surface area (Å²) in [6.07, 6.45) is 1.76. The smallest absolute Gasteiger partial charge is 0.281 e. The van der Waals surface area contributed by atoms with Crippen LogP contribution in [0.5, 0.6) is 5.75 Å². The molecule has 2 atom stereocenters. The van der Waals surface area contributed by atoms with Gasteiger partial charge < -0.3 is 38.4 Å². The van der Waals surface area contributed by atoms with Gasteiger partial charge in [0.15, 0.2) is 6.04 Å². The van der Waals surface area contributed by atoms with E-state index in [-0.39, 0.29) is 42.1 Å². The van der Waals surface area contributed by atoms with Crippen molar-refractivity contribution in [3.63, 3.8) is 0 Å². The number of amides is 3. The van der Waals surface area contributed by atoms with Gasteiger partial charge in [0, 0.05) is 32.0 Å². The van der Waals surface area contributed by atoms with Crippen LogP contribution in [0.1, 0.15) is 30.9 Å². The number of methoxy groups -OCH3 is 1. The van der Waals surface area contributed by atoms with Gasteiger partial charge in [-0.1, -0.05) is 42.5 Å². The highest BCUT2D eigenvalue weighted by Gasteiger charge is 2.31. The zero-order valence-electron chi connectivity index (χ0n) is 20.3. The molecule has 190 valence electrons. The Hall–Kier alpha value is -3.10. The van der Waals surface area contributed by atoms with E-state index in [0.29, 0.717) is 38.9 Å². The second-order valence-corrected chi connectivity index (χ2v) is 8.78. The summed E-state index contributed by atoms with van der Waals surface area (Å²) < 4.78 is 5.13. The van der Waals surface area contributed by atoms with Crippen molar-refractivity contribution in [2.24, 2.45) is 5.92 Å². The second-order valence-electron chi connectivity index (χ2n) is 8.78. The van der Waals surface area contributed by atoms with E-state index in [9.17, 15) is 14.4 Å². The number of hydrogen-bond acceptors (Lipinski definition) is 4. The van der Waals surface area contributed by atoms with Crippen molar-refractivity contribution < 1.29 is 37.3 Å². The van der Waals surface area contributed by atoms with Crippen molar-refractivity contribution >= 4 is 17.7 Å². The number of hydrogen-bond donors (Lipinski definition) is 3. The van der Waals surface area contributed by atoms with Crippen LogP contribution in [0.25, 0.3) is 0 Å². The quantitative estimate of drug-likeness (QED) is 0.365. The van der Waals surface area contributed by atoms with Crippen molar-refractivity contribution in [3.05, 3.63) is 65.7 Å². The maximum Gasteiger partial charge on any atom is 0.281 e. The molecule has 9 heteroatoms. The number of carbonyl (C=O) groups is 3. The number of benzene rings is 2. The summed E-state index contributed by atoms with van der Waals surface area (Å²) in [7, 11) is 1.60. The Morgan fingerprint density at radius 1 is 1.03 bits per heavy atom. The number of ether oxygens (including phenoxy) is 1. The molecule has 1 saturated heterocycles. The molecule has 1 heterocycles. The summed E-state index contributed by atoms with van der Waals surface area (Å²) in [4.78, 5) is 39.7. The summed E-state index contributed by atoms with van der Waals surface area (Å²) in [5, 5.41) is 5.66. The van der Waals surface area contributed by atoms with Crippen LogP contribution in [-0.4, -0.2) is 54.9 Å². The molecule has 35 heavy (non-hydrogen) atoms. The van der Waals surface area contributed by atoms with Gasteiger partial charge in [-0.05, 0) is 43.0 Å². The van der Waals surface area contributed by atoms with Crippen molar-refractivity contribution in [1.82, 2.24) is 15.5 Å². The monoisotopic (exact) mass is 502 g/mol. The van der Waals surface area contributed by atoms with E-state index in [2.05, 4.69) is 16.4 Å². The predicted octanol–water partition coefficient (Wildman–Crippen LogP) is -2.09. The zero-order valence-corrected chi connectivity index (χ0v) is 21.1. The number of likely N-dealkylation sites (tertiary alicyclic amines) is 1. The lowest BCUT2D eigenvalue weighted by Crippen LogP contribution is -3.00. The highest BCUT2D eigenvalue weighted by molar-refractivity contribution is 5.88. The van der Waals surface area contributed by atoms with Crippen LogP contribution in [0.2, 0.25) is 0 Å². The molecule has 2 aromatic rings. The molecule has 1 aliphatic rings. The lowest BCUT2D eigenvalue weighted by Gasteiger charge is -2.32. The van der Waals surface area contributed by atoms with Crippen LogP contribution in [0.4, 0.5) is 0 Å². The molecule has 0 radical (unpaired) electrons. The number of carbonyl (C=O) groups excluding carboxylic acids is 3. The SMILES string of the molecule is COc1ccc(CNC(=O)[C@H](C)NC(=O)C2CCN(C(=O)[C@@H]([NH3+])Cc3ccccc3)CC2)cc1.[Cl-]. The molecular weight excluding hydrogens is 468 g/mol. The standard InChI is InChI=1S/C26H34N4O4.ClH/c1-18(24(31)28-17-20-8-10-22(34-2)11-9-20)29-25(32)21-12-14-30(15-13-21)26(33)23(27)16-19-6-4-3-5-7-19;/h3-11,18,21,23H,12-17,27H2,1-2H3,(H,28,31)(H,29,32);1H/t18-,23-;/m0./s1. The largest absolute Gasteiger partial charge is 1.00 e. The van der Waals surface area contributed by atoms with Gasteiger partial charge in [0.2, 0.25) is 11.8 Å². The molecule has 0 aliphatic carbocycles. The van der Waals surface area contributed by atoms with Crippen LogP contribution in [0.15, 0.2) is 54.6 Å². The average molecular weight is 503 g/mol. The Kier molecular flexibility index (Phi) is 11.0. The van der Waals surface area contributed by atoms with Crippen molar-refractivity contribution in [3.8, 4) is 5.75 Å². The number of quaternary nitrogens is 1. The highest BCUT2D eigenvalue weighted by atomic mass is 35.5. The first-order valence-electron chi connectivity index (χ1n) is 11.7. The Morgan fingerprint density at radius 3 is 2.26 bits per heavy atom. The van der Waals surface area contributed by atoms with Crippen LogP contribution in [-0.2, 0) is 27.3 Å². The molecule has 2 aromatic carbocycles. The summed E-state index contributed by atoms with van der Waals surface area (Å²) in [6, 6.07) is 16.3. The van der Waals surface area contributed by atoms with Gasteiger partial charge >= 0.3 is 0 Å². The topological polar surface area (TPSA) is 115 Å². The minimum atomic E-state index is -0.638. The molecule has 0 saturated carbocycles. The lowest BCUT2D eigenvalue weighted by molar-refractivity contribution is -0.405. The maximum atomic E-state index is 12.8. The number of nitrogens with one attached hydrogen (secondary N) is 2. The normalized spacial score (nSPS) is 15.3. The third kappa shape index (κ3) is 8.26. The molecule has 5 N–H and O–H groups in total. The van der Waals surface area contributed by atoms with E-state index in [1.165, 1.54) is 0 Å². The minimum absolute atomic E-state index is 0. The van der Waals surface area contributed by atoms with Crippen LogP contribution in [0.3, 0.4) is 0 Å². The summed E-state index contributed by atoms with van der Waals surface area (Å²) in [5.41, 5.74) is 6.08. The second kappa shape index (κ2) is 13.7. The highest BCUT2D eigenvalue weighted by Crippen LogP contribution is 2.18. The average Bonchev–Trinajstić information content (AvgIpc) is 2.87. The summed E-state index contributed by atoms with van der Waals surface area (Å²) in [6.45, 7) is 3.10. The predicted molar refractivity (Wildman–Crippen MR) is 129 cm³/mol. The minimum Gasteiger partial charge on any atom is -1.00 e. The third-order valence-electron chi connectivity index (χ3n) is 6.23. The summed E-state index contributed by atoms with van der Waals surface area (Å²) >= 11 is 0. The Morgan fingerprint density at radius 2 is 1.66 bits per heavy atom. The molecule has 1 aliphatic heterocycles. The Labute approximate surface area is 213 Å². The number of nitrogens with zero attached hydrogens (tertiary/aromatic N) is 1. The molecule has 0 spiro atoms. The van der Waals surface area contributed by atoms with E-state index < -0.39 is 6.04 Å². The first kappa shape index (κ1) is 28.1. The third-order valence-corrected chi connectivity index (χ3v) is 6.23. The molecule has 3 amide bonds. The van der Waals surface area contributed by atoms with E-state index >= 15 is 0 Å². The molecule has 0 aromatic heterocycles. The van der Waals surface area contributed by atoms with Crippen molar-refractivity contribution in [1.29, 1.82) is 0 Å². The lowest BCUT2D eigenvalue weighted by atomic mass is 9.94. The number of rotatable bonds is 9. The first-order valence-corrected chi connectivity index (χ1v) is 11.7. The summed E-state index contributed by atoms with van der Waals surface area (Å²) in [5.74, 6) is 0.185. The van der Waals surface area contributed by atoms with E-state index in [1.54, 1.807) is 18.9 Å². The van der Waals surface area contributed by atoms with Crippen molar-refractivity contribution in [2.75, 3.05) is 20.2 Å². The van der Waals surface area contributed by atoms with Crippen LogP contribution < -0.4 is 33.5 Å². The molecule has 1 fully saturated rings. The first-order chi connectivity index (χ1) is 16.4. The van der Waals surface area contributed by atoms with E-state index in [1.807, 2.05) is 54.6 Å². The fraction of sp³-hybridized carbons (Fsp3) is 0.423. The number of piperidine rings is 1. The van der Waals surface area contributed by atoms with Gasteiger partial charge in [0.05, 0.1) is 7.11 Å². The van der Waals surface area contributed by atoms with Gasteiger partial charge in [-0.15, -0.1) is 0 Å². The van der Waals surface area contributed by atoms with Crippen LogP contribution in [0, 0.1) is 5.92 Å². The number of halogens is 1. The van der Waals surface area contributed by atoms with Gasteiger partial charge in [0.1, 0.15) is 11.8 Å². The van der Waals surface area contributed by atoms with E-state index in [4.69, 9.17) is 4.74 Å². The Bertz CT molecular complexity index is 963. The molecule has 0 unspecified atom stereocenters. The van der Waals surface area contributed by atoms with Crippen molar-refractivity contribution in [2.45, 2.75) is 44.8 Å². The molecule has 8 nitrogen and oxygen atoms in total. The fourth-order valence-electron chi connectivity index (χ4n) is 4.09. The molecule has 0 bridgehead atoms. The molecule has 3 rings (SSSR count). The van der Waals surface area contributed by atoms with Gasteiger partial charge in [-0.2, -0.15) is 0 Å². The maximum absolute atomic E-state index is 12.8. The van der Waals surface area contributed by atoms with Gasteiger partial charge in [-0.25, -0.2) is 0 Å². The Balaban J connectivity index is 0.00000432. The van der Waals surface area contributed by atoms with E-state index in [0.717, 1.165) is 16.9 Å². The fourth-order valence-corrected chi connectivity index (χ4v) is 4.09. The van der Waals surface area contributed by atoms with Gasteiger partial charge in [0.25, 0.3) is 5.91 Å². The van der Waals surface area contributed by atoms with Crippen LogP contribution >= 0.6 is 0 Å². The zero-order chi connectivity index (χ0) is 24.5. The van der Waals surface area contributed by atoms with Gasteiger partial charge in [-0.3, -0.25) is 14.4 Å².